The zero-order chi connectivity index (χ0) is 17.2. The second kappa shape index (κ2) is 7.07. The summed E-state index contributed by atoms with van der Waals surface area (Å²) in [5.41, 5.74) is 0.936. The van der Waals surface area contributed by atoms with Gasteiger partial charge in [0.1, 0.15) is 12.4 Å². The maximum atomic E-state index is 12.4. The lowest BCUT2D eigenvalue weighted by Crippen LogP contribution is -2.27. The Labute approximate surface area is 158 Å². The second-order valence-electron chi connectivity index (χ2n) is 5.51. The van der Waals surface area contributed by atoms with Crippen LogP contribution in [0.4, 0.5) is 10.7 Å². The third-order valence-corrected chi connectivity index (χ3v) is 6.09. The molecule has 1 amide bonds. The molecule has 0 unspecified atom stereocenters. The first-order valence-corrected chi connectivity index (χ1v) is 9.88. The Morgan fingerprint density at radius 2 is 2.20 bits per heavy atom. The minimum absolute atomic E-state index is 0.0516. The molecule has 0 atom stereocenters. The number of nitrogens with one attached hydrogen (secondary N) is 1. The number of amides is 1. The Hall–Kier alpha value is -2.02. The molecule has 4 rings (SSSR count). The zero-order valence-corrected chi connectivity index (χ0v) is 15.6. The van der Waals surface area contributed by atoms with E-state index in [-0.39, 0.29) is 5.91 Å². The number of rotatable bonds is 4. The number of nitrogens with zero attached hydrogens (tertiary/aromatic N) is 1. The lowest BCUT2D eigenvalue weighted by Gasteiger charge is -2.30. The molecule has 0 aliphatic carbocycles. The van der Waals surface area contributed by atoms with E-state index in [1.165, 1.54) is 11.3 Å². The lowest BCUT2D eigenvalue weighted by molar-refractivity contribution is 0.0955. The quantitative estimate of drug-likeness (QED) is 0.687. The molecule has 7 heteroatoms. The average molecular weight is 391 g/mol. The molecule has 4 nitrogen and oxygen atoms in total. The van der Waals surface area contributed by atoms with Gasteiger partial charge >= 0.3 is 0 Å². The van der Waals surface area contributed by atoms with Crippen molar-refractivity contribution in [3.63, 3.8) is 0 Å². The number of thiophene rings is 2. The van der Waals surface area contributed by atoms with Gasteiger partial charge in [-0.2, -0.15) is 0 Å². The highest BCUT2D eigenvalue weighted by atomic mass is 35.5. The third kappa shape index (κ3) is 3.51. The van der Waals surface area contributed by atoms with E-state index in [0.29, 0.717) is 23.1 Å². The largest absolute Gasteiger partial charge is 0.490 e. The van der Waals surface area contributed by atoms with E-state index in [1.807, 2.05) is 47.8 Å². The van der Waals surface area contributed by atoms with Crippen LogP contribution in [0.2, 0.25) is 5.02 Å². The predicted octanol–water partition coefficient (Wildman–Crippen LogP) is 4.92. The standard InChI is InChI=1S/C18H15ClN2O2S2/c19-12-3-4-15-14(10-12)21(7-8-23-15)17-6-5-16(25-17)18(22)20-11-13-2-1-9-24-13/h1-6,9-10H,7-8,11H2,(H,20,22). The van der Waals surface area contributed by atoms with Gasteiger partial charge in [-0.3, -0.25) is 4.79 Å². The monoisotopic (exact) mass is 390 g/mol. The topological polar surface area (TPSA) is 41.6 Å². The fourth-order valence-corrected chi connectivity index (χ4v) is 4.46. The number of carbonyl (C=O) groups is 1. The number of benzene rings is 1. The molecule has 0 bridgehead atoms. The van der Waals surface area contributed by atoms with Crippen molar-refractivity contribution in [2.75, 3.05) is 18.1 Å². The molecule has 128 valence electrons. The number of halogens is 1. The maximum Gasteiger partial charge on any atom is 0.261 e. The van der Waals surface area contributed by atoms with Gasteiger partial charge in [-0.05, 0) is 41.8 Å². The Balaban J connectivity index is 1.52. The fraction of sp³-hybridized carbons (Fsp3) is 0.167. The molecular weight excluding hydrogens is 376 g/mol. The number of hydrogen-bond donors (Lipinski definition) is 1. The molecule has 3 heterocycles. The number of carbonyl (C=O) groups excluding carboxylic acids is 1. The number of hydrogen-bond acceptors (Lipinski definition) is 5. The number of anilines is 2. The zero-order valence-electron chi connectivity index (χ0n) is 13.2. The molecule has 0 radical (unpaired) electrons. The van der Waals surface area contributed by atoms with Crippen LogP contribution in [0, 0.1) is 0 Å². The van der Waals surface area contributed by atoms with Crippen LogP contribution in [-0.4, -0.2) is 19.1 Å². The summed E-state index contributed by atoms with van der Waals surface area (Å²) in [6, 6.07) is 13.4. The van der Waals surface area contributed by atoms with Crippen LogP contribution < -0.4 is 15.0 Å². The van der Waals surface area contributed by atoms with Crippen LogP contribution in [0.15, 0.2) is 47.8 Å². The van der Waals surface area contributed by atoms with Crippen molar-refractivity contribution in [1.82, 2.24) is 5.32 Å². The maximum absolute atomic E-state index is 12.4. The summed E-state index contributed by atoms with van der Waals surface area (Å²) in [5, 5.41) is 6.64. The van der Waals surface area contributed by atoms with Crippen LogP contribution in [0.5, 0.6) is 5.75 Å². The van der Waals surface area contributed by atoms with Crippen LogP contribution >= 0.6 is 34.3 Å². The summed E-state index contributed by atoms with van der Waals surface area (Å²) in [4.78, 5) is 16.4. The molecule has 0 saturated carbocycles. The summed E-state index contributed by atoms with van der Waals surface area (Å²) in [5.74, 6) is 0.761. The predicted molar refractivity (Wildman–Crippen MR) is 104 cm³/mol. The average Bonchev–Trinajstić information content (AvgIpc) is 3.31. The molecule has 1 N–H and O–H groups in total. The van der Waals surface area contributed by atoms with E-state index in [0.717, 1.165) is 27.9 Å². The van der Waals surface area contributed by atoms with Gasteiger partial charge in [0.15, 0.2) is 0 Å². The van der Waals surface area contributed by atoms with E-state index < -0.39 is 0 Å². The van der Waals surface area contributed by atoms with E-state index in [4.69, 9.17) is 16.3 Å². The summed E-state index contributed by atoms with van der Waals surface area (Å²) in [6.45, 7) is 1.89. The first kappa shape index (κ1) is 16.4. The van der Waals surface area contributed by atoms with E-state index >= 15 is 0 Å². The minimum Gasteiger partial charge on any atom is -0.490 e. The highest BCUT2D eigenvalue weighted by Gasteiger charge is 2.22. The molecule has 0 fully saturated rings. The summed E-state index contributed by atoms with van der Waals surface area (Å²) in [6.07, 6.45) is 0. The number of ether oxygens (including phenoxy) is 1. The van der Waals surface area contributed by atoms with Crippen molar-refractivity contribution in [3.8, 4) is 5.75 Å². The normalized spacial score (nSPS) is 13.2. The lowest BCUT2D eigenvalue weighted by atomic mass is 10.2. The second-order valence-corrected chi connectivity index (χ2v) is 8.04. The van der Waals surface area contributed by atoms with Gasteiger partial charge in [0.25, 0.3) is 5.91 Å². The fourth-order valence-electron chi connectivity index (χ4n) is 2.68. The Kier molecular flexibility index (Phi) is 4.65. The minimum atomic E-state index is -0.0516. The first-order valence-electron chi connectivity index (χ1n) is 7.81. The highest BCUT2D eigenvalue weighted by Crippen LogP contribution is 2.40. The van der Waals surface area contributed by atoms with Crippen LogP contribution in [0.1, 0.15) is 14.5 Å². The van der Waals surface area contributed by atoms with Crippen molar-refractivity contribution < 1.29 is 9.53 Å². The van der Waals surface area contributed by atoms with Crippen LogP contribution in [0.25, 0.3) is 0 Å². The van der Waals surface area contributed by atoms with Crippen molar-refractivity contribution in [1.29, 1.82) is 0 Å². The summed E-state index contributed by atoms with van der Waals surface area (Å²) < 4.78 is 5.69. The molecule has 25 heavy (non-hydrogen) atoms. The molecule has 0 spiro atoms. The van der Waals surface area contributed by atoms with Gasteiger partial charge in [0.2, 0.25) is 0 Å². The van der Waals surface area contributed by atoms with Gasteiger partial charge < -0.3 is 15.0 Å². The van der Waals surface area contributed by atoms with E-state index in [1.54, 1.807) is 11.3 Å². The number of fused-ring (bicyclic) bond motifs is 1. The van der Waals surface area contributed by atoms with Gasteiger partial charge in [0, 0.05) is 9.90 Å². The molecule has 2 aromatic heterocycles. The van der Waals surface area contributed by atoms with Gasteiger partial charge in [0.05, 0.1) is 28.7 Å². The van der Waals surface area contributed by atoms with Gasteiger partial charge in [-0.1, -0.05) is 17.7 Å². The Morgan fingerprint density at radius 3 is 3.04 bits per heavy atom. The molecule has 1 aliphatic rings. The van der Waals surface area contributed by atoms with E-state index in [9.17, 15) is 4.79 Å². The van der Waals surface area contributed by atoms with Gasteiger partial charge in [-0.25, -0.2) is 0 Å². The Bertz CT molecular complexity index is 892. The van der Waals surface area contributed by atoms with Crippen molar-refractivity contribution in [2.24, 2.45) is 0 Å². The van der Waals surface area contributed by atoms with E-state index in [2.05, 4.69) is 10.2 Å². The van der Waals surface area contributed by atoms with Gasteiger partial charge in [-0.15, -0.1) is 22.7 Å². The molecule has 1 aromatic carbocycles. The van der Waals surface area contributed by atoms with Crippen LogP contribution in [-0.2, 0) is 6.54 Å². The summed E-state index contributed by atoms with van der Waals surface area (Å²) >= 11 is 9.24. The molecular formula is C18H15ClN2O2S2. The molecule has 3 aromatic rings. The first-order chi connectivity index (χ1) is 12.2. The molecule has 0 saturated heterocycles. The molecule has 1 aliphatic heterocycles. The van der Waals surface area contributed by atoms with Crippen molar-refractivity contribution in [3.05, 3.63) is 62.6 Å². The van der Waals surface area contributed by atoms with Crippen molar-refractivity contribution in [2.45, 2.75) is 6.54 Å². The summed E-state index contributed by atoms with van der Waals surface area (Å²) in [7, 11) is 0. The van der Waals surface area contributed by atoms with Crippen LogP contribution in [0.3, 0.4) is 0 Å². The third-order valence-electron chi connectivity index (χ3n) is 3.87. The smallest absolute Gasteiger partial charge is 0.261 e. The highest BCUT2D eigenvalue weighted by molar-refractivity contribution is 7.18. The SMILES string of the molecule is O=C(NCc1cccs1)c1ccc(N2CCOc3ccc(Cl)cc32)s1. The Morgan fingerprint density at radius 1 is 1.28 bits per heavy atom. The van der Waals surface area contributed by atoms with Crippen molar-refractivity contribution >= 4 is 50.9 Å².